The molecule has 0 bridgehead atoms. The van der Waals surface area contributed by atoms with E-state index in [1.54, 1.807) is 6.92 Å². The summed E-state index contributed by atoms with van der Waals surface area (Å²) in [5.74, 6) is -1.60. The van der Waals surface area contributed by atoms with E-state index in [2.05, 4.69) is 6.58 Å². The fraction of sp³-hybridized carbons (Fsp3) is 0.765. The van der Waals surface area contributed by atoms with Crippen LogP contribution in [0, 0.1) is 17.8 Å². The summed E-state index contributed by atoms with van der Waals surface area (Å²) in [6.45, 7) is 8.97. The second kappa shape index (κ2) is 4.36. The van der Waals surface area contributed by atoms with Crippen molar-refractivity contribution >= 4 is 11.9 Å². The number of ether oxygens (including phenoxy) is 3. The van der Waals surface area contributed by atoms with Gasteiger partial charge in [0.2, 0.25) is 0 Å². The lowest BCUT2D eigenvalue weighted by Crippen LogP contribution is -2.48. The van der Waals surface area contributed by atoms with Gasteiger partial charge in [0.05, 0.1) is 17.1 Å². The van der Waals surface area contributed by atoms with Gasteiger partial charge >= 0.3 is 11.9 Å². The zero-order valence-electron chi connectivity index (χ0n) is 13.6. The first-order valence-electron chi connectivity index (χ1n) is 8.14. The maximum atomic E-state index is 12.0. The molecule has 2 saturated carbocycles. The summed E-state index contributed by atoms with van der Waals surface area (Å²) in [6.07, 6.45) is 0.0720. The van der Waals surface area contributed by atoms with Crippen molar-refractivity contribution in [2.75, 3.05) is 0 Å². The van der Waals surface area contributed by atoms with Gasteiger partial charge in [-0.05, 0) is 32.6 Å². The van der Waals surface area contributed by atoms with Gasteiger partial charge in [0, 0.05) is 18.4 Å². The van der Waals surface area contributed by atoms with Crippen LogP contribution in [0.3, 0.4) is 0 Å². The minimum Gasteiger partial charge on any atom is -0.461 e. The second-order valence-corrected chi connectivity index (χ2v) is 7.75. The Labute approximate surface area is 134 Å². The van der Waals surface area contributed by atoms with Gasteiger partial charge in [0.1, 0.15) is 18.3 Å². The van der Waals surface area contributed by atoms with E-state index in [1.165, 1.54) is 6.92 Å². The van der Waals surface area contributed by atoms with Crippen LogP contribution in [0.5, 0.6) is 0 Å². The lowest BCUT2D eigenvalue weighted by Gasteiger charge is -2.38. The molecule has 6 heteroatoms. The van der Waals surface area contributed by atoms with Crippen LogP contribution in [-0.2, 0) is 23.8 Å². The minimum absolute atomic E-state index is 0.0592. The van der Waals surface area contributed by atoms with Crippen molar-refractivity contribution in [3.05, 3.63) is 12.2 Å². The molecule has 1 N–H and O–H groups in total. The fourth-order valence-corrected chi connectivity index (χ4v) is 5.19. The van der Waals surface area contributed by atoms with Crippen molar-refractivity contribution in [1.29, 1.82) is 0 Å². The number of carbonyl (C=O) groups excluding carboxylic acids is 2. The highest BCUT2D eigenvalue weighted by Crippen LogP contribution is 2.63. The summed E-state index contributed by atoms with van der Waals surface area (Å²) in [5, 5.41) is 10.9. The Hall–Kier alpha value is -1.40. The Morgan fingerprint density at radius 3 is 2.78 bits per heavy atom. The predicted octanol–water partition coefficient (Wildman–Crippen LogP) is 0.964. The van der Waals surface area contributed by atoms with E-state index in [4.69, 9.17) is 14.2 Å². The van der Waals surface area contributed by atoms with E-state index < -0.39 is 41.3 Å². The molecular weight excluding hydrogens is 300 g/mol. The minimum atomic E-state index is -0.981. The van der Waals surface area contributed by atoms with Crippen molar-refractivity contribution in [2.45, 2.75) is 63.1 Å². The normalized spacial score (nSPS) is 53.7. The molecule has 4 rings (SSSR count). The van der Waals surface area contributed by atoms with E-state index >= 15 is 0 Å². The van der Waals surface area contributed by atoms with Crippen LogP contribution in [0.4, 0.5) is 0 Å². The number of aliphatic hydroxyl groups is 1. The third-order valence-corrected chi connectivity index (χ3v) is 6.31. The topological polar surface area (TPSA) is 85.4 Å². The van der Waals surface area contributed by atoms with E-state index in [-0.39, 0.29) is 17.9 Å². The summed E-state index contributed by atoms with van der Waals surface area (Å²) in [7, 11) is 0. The van der Waals surface area contributed by atoms with Crippen LogP contribution < -0.4 is 0 Å². The van der Waals surface area contributed by atoms with Gasteiger partial charge in [-0.3, -0.25) is 4.79 Å². The molecule has 0 aromatic heterocycles. The van der Waals surface area contributed by atoms with E-state index in [9.17, 15) is 14.7 Å². The van der Waals surface area contributed by atoms with Gasteiger partial charge in [-0.25, -0.2) is 4.79 Å². The van der Waals surface area contributed by atoms with E-state index in [1.807, 2.05) is 6.92 Å². The van der Waals surface area contributed by atoms with Crippen LogP contribution >= 0.6 is 0 Å². The number of fused-ring (bicyclic) bond motifs is 5. The molecular formula is C17H22O6. The molecule has 0 aromatic carbocycles. The number of hydrogen-bond donors (Lipinski definition) is 1. The van der Waals surface area contributed by atoms with Crippen molar-refractivity contribution in [3.63, 3.8) is 0 Å². The molecule has 2 heterocycles. The van der Waals surface area contributed by atoms with Crippen molar-refractivity contribution in [2.24, 2.45) is 17.8 Å². The molecule has 6 nitrogen and oxygen atoms in total. The van der Waals surface area contributed by atoms with Crippen LogP contribution in [0.2, 0.25) is 0 Å². The number of hydrogen-bond acceptors (Lipinski definition) is 6. The Bertz CT molecular complexity index is 610. The SMILES string of the molecule is C=C1C(=O)O[C@@H]2[C@@H]1[C@H](OC(C)=O)[C@@H]1[C@@H](CC[C@@]1(C)O)[C@@]1(C)O[C@@H]21. The highest BCUT2D eigenvalue weighted by molar-refractivity contribution is 5.91. The van der Waals surface area contributed by atoms with E-state index in [0.717, 1.165) is 6.42 Å². The monoisotopic (exact) mass is 322 g/mol. The lowest BCUT2D eigenvalue weighted by molar-refractivity contribution is -0.163. The second-order valence-electron chi connectivity index (χ2n) is 7.75. The first-order valence-corrected chi connectivity index (χ1v) is 8.14. The molecule has 126 valence electrons. The zero-order valence-corrected chi connectivity index (χ0v) is 13.6. The Kier molecular flexibility index (Phi) is 2.87. The molecule has 4 aliphatic rings. The first kappa shape index (κ1) is 15.1. The van der Waals surface area contributed by atoms with Crippen molar-refractivity contribution in [1.82, 2.24) is 0 Å². The van der Waals surface area contributed by atoms with Crippen LogP contribution in [-0.4, -0.2) is 46.6 Å². The highest BCUT2D eigenvalue weighted by Gasteiger charge is 2.74. The number of epoxide rings is 1. The van der Waals surface area contributed by atoms with Gasteiger partial charge in [-0.2, -0.15) is 0 Å². The van der Waals surface area contributed by atoms with Gasteiger partial charge in [0.15, 0.2) is 0 Å². The molecule has 2 saturated heterocycles. The molecule has 4 fully saturated rings. The molecule has 0 radical (unpaired) electrons. The maximum absolute atomic E-state index is 12.0. The number of esters is 2. The third kappa shape index (κ3) is 1.88. The van der Waals surface area contributed by atoms with E-state index in [0.29, 0.717) is 12.0 Å². The molecule has 8 atom stereocenters. The van der Waals surface area contributed by atoms with Crippen LogP contribution in [0.25, 0.3) is 0 Å². The molecule has 0 unspecified atom stereocenters. The average molecular weight is 322 g/mol. The molecule has 0 spiro atoms. The van der Waals surface area contributed by atoms with Gasteiger partial charge in [-0.1, -0.05) is 6.58 Å². The number of carbonyl (C=O) groups is 2. The van der Waals surface area contributed by atoms with Crippen LogP contribution in [0.1, 0.15) is 33.6 Å². The predicted molar refractivity (Wildman–Crippen MR) is 78.2 cm³/mol. The van der Waals surface area contributed by atoms with Crippen LogP contribution in [0.15, 0.2) is 12.2 Å². The van der Waals surface area contributed by atoms with Gasteiger partial charge < -0.3 is 19.3 Å². The molecule has 23 heavy (non-hydrogen) atoms. The van der Waals surface area contributed by atoms with Gasteiger partial charge in [-0.15, -0.1) is 0 Å². The molecule has 0 aromatic rings. The van der Waals surface area contributed by atoms with Gasteiger partial charge in [0.25, 0.3) is 0 Å². The smallest absolute Gasteiger partial charge is 0.334 e. The fourth-order valence-electron chi connectivity index (χ4n) is 5.19. The Morgan fingerprint density at radius 2 is 2.13 bits per heavy atom. The lowest BCUT2D eigenvalue weighted by atomic mass is 9.74. The first-order chi connectivity index (χ1) is 10.7. The Morgan fingerprint density at radius 1 is 1.43 bits per heavy atom. The zero-order chi connectivity index (χ0) is 16.7. The maximum Gasteiger partial charge on any atom is 0.334 e. The highest BCUT2D eigenvalue weighted by atomic mass is 16.7. The summed E-state index contributed by atoms with van der Waals surface area (Å²) >= 11 is 0. The molecule has 0 amide bonds. The largest absolute Gasteiger partial charge is 0.461 e. The summed E-state index contributed by atoms with van der Waals surface area (Å²) < 4.78 is 17.1. The van der Waals surface area contributed by atoms with Crippen molar-refractivity contribution in [3.8, 4) is 0 Å². The third-order valence-electron chi connectivity index (χ3n) is 6.31. The molecule has 2 aliphatic heterocycles. The quantitative estimate of drug-likeness (QED) is 0.440. The summed E-state index contributed by atoms with van der Waals surface area (Å²) in [6, 6.07) is 0. The molecule has 2 aliphatic carbocycles. The average Bonchev–Trinajstić information content (AvgIpc) is 2.90. The Balaban J connectivity index is 1.83. The summed E-state index contributed by atoms with van der Waals surface area (Å²) in [5.41, 5.74) is -1.12. The number of rotatable bonds is 1. The standard InChI is InChI=1S/C17H22O6/c1-7-10-12(21-8(2)18)11-9(5-6-16(11,3)20)17(4)14(23-17)13(10)22-15(7)19/h9-14,20H,1,5-6H2,2-4H3/t9-,10+,11+,12+,13-,14+,16-,17-/m1/s1. The summed E-state index contributed by atoms with van der Waals surface area (Å²) in [4.78, 5) is 23.7. The van der Waals surface area contributed by atoms with Crippen molar-refractivity contribution < 1.29 is 28.9 Å².